The molecule has 1 N–H and O–H groups in total. The van der Waals surface area contributed by atoms with E-state index in [-0.39, 0.29) is 18.1 Å². The lowest BCUT2D eigenvalue weighted by molar-refractivity contribution is -0.0672. The third-order valence-corrected chi connectivity index (χ3v) is 5.99. The van der Waals surface area contributed by atoms with E-state index in [9.17, 15) is 4.79 Å². The van der Waals surface area contributed by atoms with Crippen LogP contribution in [0.1, 0.15) is 37.0 Å². The summed E-state index contributed by atoms with van der Waals surface area (Å²) in [5.41, 5.74) is 0.763. The molecule has 26 heavy (non-hydrogen) atoms. The third kappa shape index (κ3) is 5.71. The van der Waals surface area contributed by atoms with Crippen molar-refractivity contribution in [3.05, 3.63) is 29.8 Å². The number of benzene rings is 1. The number of ether oxygens (including phenoxy) is 2. The minimum atomic E-state index is 0.00907. The first-order valence-electron chi connectivity index (χ1n) is 9.61. The van der Waals surface area contributed by atoms with E-state index in [4.69, 9.17) is 9.47 Å². The molecule has 3 atom stereocenters. The Hall–Kier alpha value is -1.08. The molecular formula is C20H30N2O3S. The van der Waals surface area contributed by atoms with Crippen molar-refractivity contribution in [1.29, 1.82) is 0 Å². The van der Waals surface area contributed by atoms with Crippen LogP contribution in [0.3, 0.4) is 0 Å². The molecule has 2 aliphatic rings. The Labute approximate surface area is 160 Å². The molecule has 2 heterocycles. The highest BCUT2D eigenvalue weighted by Gasteiger charge is 2.22. The highest BCUT2D eigenvalue weighted by molar-refractivity contribution is 7.99. The average molecular weight is 379 g/mol. The first-order valence-corrected chi connectivity index (χ1v) is 10.6. The number of morpholine rings is 1. The number of carbonyl (C=O) groups is 1. The molecular weight excluding hydrogens is 348 g/mol. The van der Waals surface area contributed by atoms with Gasteiger partial charge in [0.15, 0.2) is 0 Å². The smallest absolute Gasteiger partial charge is 0.252 e. The molecule has 0 spiro atoms. The predicted octanol–water partition coefficient (Wildman–Crippen LogP) is 2.80. The first kappa shape index (κ1) is 19.7. The molecule has 0 radical (unpaired) electrons. The highest BCUT2D eigenvalue weighted by atomic mass is 32.2. The lowest BCUT2D eigenvalue weighted by Gasteiger charge is -2.35. The normalized spacial score (nSPS) is 26.8. The van der Waals surface area contributed by atoms with E-state index in [0.717, 1.165) is 55.3 Å². The van der Waals surface area contributed by atoms with E-state index in [1.807, 2.05) is 24.3 Å². The lowest BCUT2D eigenvalue weighted by atomic mass is 10.2. The second-order valence-electron chi connectivity index (χ2n) is 7.21. The molecule has 3 unspecified atom stereocenters. The largest absolute Gasteiger partial charge is 0.377 e. The van der Waals surface area contributed by atoms with Gasteiger partial charge >= 0.3 is 0 Å². The molecule has 144 valence electrons. The minimum absolute atomic E-state index is 0.00907. The van der Waals surface area contributed by atoms with Gasteiger partial charge in [0.1, 0.15) is 0 Å². The van der Waals surface area contributed by atoms with Crippen LogP contribution in [0.4, 0.5) is 0 Å². The SMILES string of the molecule is CC1CN(CCNC(=O)c2ccccc2SCC2CCCO2)CC(C)O1. The van der Waals surface area contributed by atoms with Gasteiger partial charge in [0.2, 0.25) is 0 Å². The van der Waals surface area contributed by atoms with E-state index in [0.29, 0.717) is 12.6 Å². The minimum Gasteiger partial charge on any atom is -0.377 e. The second kappa shape index (κ2) is 9.74. The maximum absolute atomic E-state index is 12.6. The second-order valence-corrected chi connectivity index (χ2v) is 8.28. The molecule has 1 aromatic carbocycles. The van der Waals surface area contributed by atoms with Crippen LogP contribution in [0.2, 0.25) is 0 Å². The highest BCUT2D eigenvalue weighted by Crippen LogP contribution is 2.26. The van der Waals surface area contributed by atoms with Crippen molar-refractivity contribution in [2.75, 3.05) is 38.5 Å². The van der Waals surface area contributed by atoms with Gasteiger partial charge < -0.3 is 14.8 Å². The van der Waals surface area contributed by atoms with Crippen molar-refractivity contribution in [2.24, 2.45) is 0 Å². The van der Waals surface area contributed by atoms with Gasteiger partial charge in [-0.05, 0) is 38.8 Å². The molecule has 5 nitrogen and oxygen atoms in total. The van der Waals surface area contributed by atoms with Crippen molar-refractivity contribution >= 4 is 17.7 Å². The molecule has 0 aromatic heterocycles. The summed E-state index contributed by atoms with van der Waals surface area (Å²) in [6, 6.07) is 7.85. The molecule has 2 saturated heterocycles. The maximum atomic E-state index is 12.6. The van der Waals surface area contributed by atoms with Crippen LogP contribution in [-0.2, 0) is 9.47 Å². The Morgan fingerprint density at radius 3 is 2.77 bits per heavy atom. The van der Waals surface area contributed by atoms with Crippen molar-refractivity contribution in [3.63, 3.8) is 0 Å². The molecule has 2 aliphatic heterocycles. The summed E-state index contributed by atoms with van der Waals surface area (Å²) in [6.45, 7) is 8.43. The van der Waals surface area contributed by atoms with Crippen LogP contribution in [0.25, 0.3) is 0 Å². The Morgan fingerprint density at radius 2 is 2.04 bits per heavy atom. The van der Waals surface area contributed by atoms with E-state index in [2.05, 4.69) is 24.1 Å². The van der Waals surface area contributed by atoms with E-state index >= 15 is 0 Å². The van der Waals surface area contributed by atoms with Gasteiger partial charge in [-0.1, -0.05) is 12.1 Å². The van der Waals surface area contributed by atoms with Crippen molar-refractivity contribution in [3.8, 4) is 0 Å². The van der Waals surface area contributed by atoms with Crippen LogP contribution < -0.4 is 5.32 Å². The number of carbonyl (C=O) groups excluding carboxylic acids is 1. The van der Waals surface area contributed by atoms with E-state index < -0.39 is 0 Å². The summed E-state index contributed by atoms with van der Waals surface area (Å²) in [4.78, 5) is 16.0. The first-order chi connectivity index (χ1) is 12.6. The molecule has 0 bridgehead atoms. The third-order valence-electron chi connectivity index (χ3n) is 4.79. The fourth-order valence-electron chi connectivity index (χ4n) is 3.63. The number of nitrogens with one attached hydrogen (secondary N) is 1. The van der Waals surface area contributed by atoms with Gasteiger partial charge in [-0.15, -0.1) is 11.8 Å². The van der Waals surface area contributed by atoms with Crippen LogP contribution in [-0.4, -0.2) is 67.7 Å². The molecule has 2 fully saturated rings. The standard InChI is InChI=1S/C20H30N2O3S/c1-15-12-22(13-16(2)25-15)10-9-21-20(23)18-7-3-4-8-19(18)26-14-17-6-5-11-24-17/h3-4,7-8,15-17H,5-6,9-14H2,1-2H3,(H,21,23). The summed E-state index contributed by atoms with van der Waals surface area (Å²) in [7, 11) is 0. The summed E-state index contributed by atoms with van der Waals surface area (Å²) in [5.74, 6) is 0.920. The summed E-state index contributed by atoms with van der Waals surface area (Å²) in [5, 5.41) is 3.08. The van der Waals surface area contributed by atoms with Gasteiger partial charge in [-0.25, -0.2) is 0 Å². The van der Waals surface area contributed by atoms with E-state index in [1.54, 1.807) is 11.8 Å². The zero-order valence-electron chi connectivity index (χ0n) is 15.8. The van der Waals surface area contributed by atoms with Crippen LogP contribution >= 0.6 is 11.8 Å². The van der Waals surface area contributed by atoms with Crippen LogP contribution in [0.15, 0.2) is 29.2 Å². The van der Waals surface area contributed by atoms with Gasteiger partial charge in [0, 0.05) is 43.4 Å². The average Bonchev–Trinajstić information content (AvgIpc) is 3.13. The Kier molecular flexibility index (Phi) is 7.37. The molecule has 1 amide bonds. The molecule has 1 aromatic rings. The number of nitrogens with zero attached hydrogens (tertiary/aromatic N) is 1. The number of thioether (sulfide) groups is 1. The van der Waals surface area contributed by atoms with Crippen molar-refractivity contribution < 1.29 is 14.3 Å². The maximum Gasteiger partial charge on any atom is 0.252 e. The zero-order chi connectivity index (χ0) is 18.4. The zero-order valence-corrected chi connectivity index (χ0v) is 16.6. The van der Waals surface area contributed by atoms with Crippen molar-refractivity contribution in [2.45, 2.75) is 49.9 Å². The quantitative estimate of drug-likeness (QED) is 0.740. The molecule has 6 heteroatoms. The number of hydrogen-bond donors (Lipinski definition) is 1. The Morgan fingerprint density at radius 1 is 1.27 bits per heavy atom. The molecule has 0 saturated carbocycles. The fraction of sp³-hybridized carbons (Fsp3) is 0.650. The lowest BCUT2D eigenvalue weighted by Crippen LogP contribution is -2.47. The summed E-state index contributed by atoms with van der Waals surface area (Å²) >= 11 is 1.72. The summed E-state index contributed by atoms with van der Waals surface area (Å²) < 4.78 is 11.4. The molecule has 0 aliphatic carbocycles. The molecule has 3 rings (SSSR count). The van der Waals surface area contributed by atoms with Gasteiger partial charge in [-0.2, -0.15) is 0 Å². The number of hydrogen-bond acceptors (Lipinski definition) is 5. The van der Waals surface area contributed by atoms with Crippen LogP contribution in [0.5, 0.6) is 0 Å². The van der Waals surface area contributed by atoms with Crippen molar-refractivity contribution in [1.82, 2.24) is 10.2 Å². The van der Waals surface area contributed by atoms with E-state index in [1.165, 1.54) is 0 Å². The fourth-order valence-corrected chi connectivity index (χ4v) is 4.75. The van der Waals surface area contributed by atoms with Crippen LogP contribution in [0, 0.1) is 0 Å². The number of rotatable bonds is 7. The van der Waals surface area contributed by atoms with Gasteiger partial charge in [0.05, 0.1) is 23.9 Å². The summed E-state index contributed by atoms with van der Waals surface area (Å²) in [6.07, 6.45) is 3.10. The van der Waals surface area contributed by atoms with Gasteiger partial charge in [0.25, 0.3) is 5.91 Å². The van der Waals surface area contributed by atoms with Gasteiger partial charge in [-0.3, -0.25) is 9.69 Å². The topological polar surface area (TPSA) is 50.8 Å². The monoisotopic (exact) mass is 378 g/mol. The predicted molar refractivity (Wildman–Crippen MR) is 105 cm³/mol. The number of amides is 1. The Balaban J connectivity index is 1.48. The Bertz CT molecular complexity index is 582.